The molecule has 0 atom stereocenters. The number of hydrogen-bond donors (Lipinski definition) is 1. The second-order valence-corrected chi connectivity index (χ2v) is 5.26. The second-order valence-electron chi connectivity index (χ2n) is 4.44. The summed E-state index contributed by atoms with van der Waals surface area (Å²) in [6, 6.07) is 4.80. The molecule has 1 heterocycles. The molecule has 1 fully saturated rings. The summed E-state index contributed by atoms with van der Waals surface area (Å²) >= 11 is 11.6. The molecular formula is C13H14Cl2N2O2. The van der Waals surface area contributed by atoms with Gasteiger partial charge in [0.05, 0.1) is 10.0 Å². The predicted molar refractivity (Wildman–Crippen MR) is 75.5 cm³/mol. The normalized spacial score (nSPS) is 14.5. The van der Waals surface area contributed by atoms with Crippen LogP contribution in [0.5, 0.6) is 0 Å². The molecule has 2 rings (SSSR count). The molecule has 2 amide bonds. The maximum atomic E-state index is 11.8. The van der Waals surface area contributed by atoms with Crippen molar-refractivity contribution in [1.29, 1.82) is 0 Å². The van der Waals surface area contributed by atoms with Crippen LogP contribution in [0.2, 0.25) is 10.0 Å². The van der Waals surface area contributed by atoms with Crippen molar-refractivity contribution < 1.29 is 9.59 Å². The molecule has 4 nitrogen and oxygen atoms in total. The van der Waals surface area contributed by atoms with Crippen LogP contribution in [0, 0.1) is 0 Å². The molecule has 0 aromatic heterocycles. The number of amides is 2. The zero-order valence-electron chi connectivity index (χ0n) is 10.3. The predicted octanol–water partition coefficient (Wildman–Crippen LogP) is 2.94. The van der Waals surface area contributed by atoms with Gasteiger partial charge in [-0.2, -0.15) is 0 Å². The van der Waals surface area contributed by atoms with Gasteiger partial charge in [0.25, 0.3) is 0 Å². The highest BCUT2D eigenvalue weighted by molar-refractivity contribution is 6.42. The van der Waals surface area contributed by atoms with Crippen LogP contribution in [0.1, 0.15) is 19.3 Å². The van der Waals surface area contributed by atoms with E-state index in [-0.39, 0.29) is 18.2 Å². The van der Waals surface area contributed by atoms with Crippen LogP contribution in [0.25, 0.3) is 0 Å². The standard InChI is InChI=1S/C13H14Cl2N2O2/c14-10-4-3-9(7-11(10)15)16-12(18)8-13(19)17-5-1-2-6-17/h3-4,7H,1-2,5-6,8H2,(H,16,18). The van der Waals surface area contributed by atoms with Gasteiger partial charge in [0, 0.05) is 18.8 Å². The first-order valence-corrected chi connectivity index (χ1v) is 6.84. The SMILES string of the molecule is O=C(CC(=O)N1CCCC1)Nc1ccc(Cl)c(Cl)c1. The van der Waals surface area contributed by atoms with E-state index >= 15 is 0 Å². The Morgan fingerprint density at radius 1 is 1.16 bits per heavy atom. The van der Waals surface area contributed by atoms with E-state index in [9.17, 15) is 9.59 Å². The first-order valence-electron chi connectivity index (χ1n) is 6.09. The fourth-order valence-corrected chi connectivity index (χ4v) is 2.29. The highest BCUT2D eigenvalue weighted by atomic mass is 35.5. The molecule has 0 saturated carbocycles. The van der Waals surface area contributed by atoms with E-state index in [4.69, 9.17) is 23.2 Å². The first-order chi connectivity index (χ1) is 9.06. The van der Waals surface area contributed by atoms with Crippen LogP contribution in [-0.4, -0.2) is 29.8 Å². The highest BCUT2D eigenvalue weighted by Gasteiger charge is 2.20. The van der Waals surface area contributed by atoms with Gasteiger partial charge in [-0.25, -0.2) is 0 Å². The summed E-state index contributed by atoms with van der Waals surface area (Å²) in [6.07, 6.45) is 1.89. The number of rotatable bonds is 3. The van der Waals surface area contributed by atoms with Gasteiger partial charge >= 0.3 is 0 Å². The van der Waals surface area contributed by atoms with Crippen LogP contribution >= 0.6 is 23.2 Å². The summed E-state index contributed by atoms with van der Waals surface area (Å²) in [6.45, 7) is 1.50. The molecule has 1 saturated heterocycles. The van der Waals surface area contributed by atoms with Crippen LogP contribution in [-0.2, 0) is 9.59 Å². The molecule has 0 radical (unpaired) electrons. The van der Waals surface area contributed by atoms with Crippen molar-refractivity contribution in [2.45, 2.75) is 19.3 Å². The highest BCUT2D eigenvalue weighted by Crippen LogP contribution is 2.25. The number of likely N-dealkylation sites (tertiary alicyclic amines) is 1. The van der Waals surface area contributed by atoms with Crippen LogP contribution in [0.4, 0.5) is 5.69 Å². The third kappa shape index (κ3) is 3.85. The van der Waals surface area contributed by atoms with Crippen LogP contribution in [0.3, 0.4) is 0 Å². The molecule has 102 valence electrons. The lowest BCUT2D eigenvalue weighted by molar-refractivity contribution is -0.133. The maximum Gasteiger partial charge on any atom is 0.233 e. The molecule has 1 aliphatic heterocycles. The Labute approximate surface area is 121 Å². The van der Waals surface area contributed by atoms with Crippen LogP contribution < -0.4 is 5.32 Å². The number of carbonyl (C=O) groups excluding carboxylic acids is 2. The number of benzene rings is 1. The van der Waals surface area contributed by atoms with Gasteiger partial charge in [-0.1, -0.05) is 23.2 Å². The van der Waals surface area contributed by atoms with E-state index in [2.05, 4.69) is 5.32 Å². The minimum Gasteiger partial charge on any atom is -0.342 e. The lowest BCUT2D eigenvalue weighted by atomic mass is 10.3. The van der Waals surface area contributed by atoms with Gasteiger partial charge in [0.15, 0.2) is 0 Å². The number of nitrogens with zero attached hydrogens (tertiary/aromatic N) is 1. The minimum atomic E-state index is -0.338. The summed E-state index contributed by atoms with van der Waals surface area (Å²) in [7, 11) is 0. The van der Waals surface area contributed by atoms with Gasteiger partial charge < -0.3 is 10.2 Å². The average Bonchev–Trinajstić information content (AvgIpc) is 2.87. The summed E-state index contributed by atoms with van der Waals surface area (Å²) in [5.41, 5.74) is 0.536. The summed E-state index contributed by atoms with van der Waals surface area (Å²) in [5, 5.41) is 3.42. The zero-order chi connectivity index (χ0) is 13.8. The van der Waals surface area contributed by atoms with Gasteiger partial charge in [-0.15, -0.1) is 0 Å². The Hall–Kier alpha value is -1.26. The molecule has 19 heavy (non-hydrogen) atoms. The van der Waals surface area contributed by atoms with Crippen molar-refractivity contribution in [3.63, 3.8) is 0 Å². The maximum absolute atomic E-state index is 11.8. The average molecular weight is 301 g/mol. The lowest BCUT2D eigenvalue weighted by Crippen LogP contribution is -2.31. The van der Waals surface area contributed by atoms with E-state index in [1.165, 1.54) is 0 Å². The number of nitrogens with one attached hydrogen (secondary N) is 1. The van der Waals surface area contributed by atoms with E-state index in [1.807, 2.05) is 0 Å². The molecule has 1 N–H and O–H groups in total. The zero-order valence-corrected chi connectivity index (χ0v) is 11.8. The minimum absolute atomic E-state index is 0.130. The smallest absolute Gasteiger partial charge is 0.233 e. The van der Waals surface area contributed by atoms with E-state index in [0.29, 0.717) is 15.7 Å². The number of anilines is 1. The third-order valence-corrected chi connectivity index (χ3v) is 3.71. The number of halogens is 2. The summed E-state index contributed by atoms with van der Waals surface area (Å²) in [4.78, 5) is 25.2. The Morgan fingerprint density at radius 2 is 1.84 bits per heavy atom. The summed E-state index contributed by atoms with van der Waals surface area (Å²) < 4.78 is 0. The number of hydrogen-bond acceptors (Lipinski definition) is 2. The Kier molecular flexibility index (Phi) is 4.66. The first kappa shape index (κ1) is 14.2. The van der Waals surface area contributed by atoms with Crippen molar-refractivity contribution in [2.24, 2.45) is 0 Å². The van der Waals surface area contributed by atoms with Crippen LogP contribution in [0.15, 0.2) is 18.2 Å². The molecule has 6 heteroatoms. The van der Waals surface area contributed by atoms with Gasteiger partial charge in [-0.3, -0.25) is 9.59 Å². The van der Waals surface area contributed by atoms with E-state index < -0.39 is 0 Å². The van der Waals surface area contributed by atoms with Crippen molar-refractivity contribution >= 4 is 40.7 Å². The van der Waals surface area contributed by atoms with Crippen molar-refractivity contribution in [3.8, 4) is 0 Å². The molecule has 0 unspecified atom stereocenters. The Morgan fingerprint density at radius 3 is 2.47 bits per heavy atom. The molecule has 0 aliphatic carbocycles. The topological polar surface area (TPSA) is 49.4 Å². The molecule has 1 aromatic carbocycles. The fraction of sp³-hybridized carbons (Fsp3) is 0.385. The molecule has 1 aliphatic rings. The molecular weight excluding hydrogens is 287 g/mol. The van der Waals surface area contributed by atoms with E-state index in [0.717, 1.165) is 25.9 Å². The summed E-state index contributed by atoms with van der Waals surface area (Å²) in [5.74, 6) is -0.467. The largest absolute Gasteiger partial charge is 0.342 e. The molecule has 0 spiro atoms. The quantitative estimate of drug-likeness (QED) is 0.873. The molecule has 0 bridgehead atoms. The van der Waals surface area contributed by atoms with Crippen molar-refractivity contribution in [1.82, 2.24) is 4.90 Å². The third-order valence-electron chi connectivity index (χ3n) is 2.97. The van der Waals surface area contributed by atoms with E-state index in [1.54, 1.807) is 23.1 Å². The monoisotopic (exact) mass is 300 g/mol. The molecule has 1 aromatic rings. The van der Waals surface area contributed by atoms with Gasteiger partial charge in [0.2, 0.25) is 11.8 Å². The Balaban J connectivity index is 1.89. The Bertz CT molecular complexity index is 499. The van der Waals surface area contributed by atoms with Crippen molar-refractivity contribution in [2.75, 3.05) is 18.4 Å². The second kappa shape index (κ2) is 6.26. The fourth-order valence-electron chi connectivity index (χ4n) is 1.99. The van der Waals surface area contributed by atoms with Gasteiger partial charge in [0.1, 0.15) is 6.42 Å². The van der Waals surface area contributed by atoms with Gasteiger partial charge in [-0.05, 0) is 31.0 Å². The van der Waals surface area contributed by atoms with Crippen molar-refractivity contribution in [3.05, 3.63) is 28.2 Å². The lowest BCUT2D eigenvalue weighted by Gasteiger charge is -2.14. The number of carbonyl (C=O) groups is 2.